The molecule has 0 aliphatic carbocycles. The predicted octanol–water partition coefficient (Wildman–Crippen LogP) is 3.99. The van der Waals surface area contributed by atoms with E-state index in [0.29, 0.717) is 0 Å². The minimum Gasteiger partial charge on any atom is -0.351 e. The summed E-state index contributed by atoms with van der Waals surface area (Å²) < 4.78 is 0. The largest absolute Gasteiger partial charge is 0.351 e. The Kier molecular flexibility index (Phi) is 3.98. The number of carbonyl (C=O) groups excluding carboxylic acids is 1. The molecular formula is C19H19N3O. The van der Waals surface area contributed by atoms with Crippen LogP contribution in [0.4, 0.5) is 5.69 Å². The molecule has 1 aliphatic rings. The lowest BCUT2D eigenvalue weighted by Crippen LogP contribution is -2.13. The van der Waals surface area contributed by atoms with Gasteiger partial charge in [0.15, 0.2) is 0 Å². The predicted molar refractivity (Wildman–Crippen MR) is 96.0 cm³/mol. The summed E-state index contributed by atoms with van der Waals surface area (Å²) in [4.78, 5) is 20.0. The summed E-state index contributed by atoms with van der Waals surface area (Å²) in [6.07, 6.45) is 5.70. The maximum Gasteiger partial charge on any atom is 0.246 e. The van der Waals surface area contributed by atoms with Crippen LogP contribution in [-0.2, 0) is 4.79 Å². The number of hydrogen-bond donors (Lipinski definition) is 2. The van der Waals surface area contributed by atoms with Crippen LogP contribution in [0.25, 0.3) is 10.9 Å². The van der Waals surface area contributed by atoms with Gasteiger partial charge in [0, 0.05) is 16.5 Å². The molecule has 2 N–H and O–H groups in total. The number of hydrogen-bond acceptors (Lipinski definition) is 2. The molecule has 4 nitrogen and oxygen atoms in total. The molecule has 2 aromatic rings. The molecular weight excluding hydrogens is 286 g/mol. The number of amides is 1. The molecule has 0 unspecified atom stereocenters. The molecule has 3 rings (SSSR count). The van der Waals surface area contributed by atoms with Crippen molar-refractivity contribution in [1.29, 1.82) is 0 Å². The van der Waals surface area contributed by atoms with Gasteiger partial charge in [-0.2, -0.15) is 0 Å². The van der Waals surface area contributed by atoms with Gasteiger partial charge in [0.2, 0.25) is 5.91 Å². The molecule has 1 amide bonds. The fourth-order valence-corrected chi connectivity index (χ4v) is 2.73. The summed E-state index contributed by atoms with van der Waals surface area (Å²) in [7, 11) is 0. The van der Waals surface area contributed by atoms with Crippen LogP contribution < -0.4 is 5.32 Å². The molecule has 2 heterocycles. The van der Waals surface area contributed by atoms with E-state index < -0.39 is 0 Å². The van der Waals surface area contributed by atoms with E-state index in [0.717, 1.165) is 39.1 Å². The molecule has 0 radical (unpaired) electrons. The second kappa shape index (κ2) is 6.08. The number of anilines is 1. The van der Waals surface area contributed by atoms with E-state index in [2.05, 4.69) is 21.9 Å². The molecule has 0 saturated carbocycles. The Morgan fingerprint density at radius 1 is 1.30 bits per heavy atom. The monoisotopic (exact) mass is 305 g/mol. The highest BCUT2D eigenvalue weighted by molar-refractivity contribution is 6.23. The fourth-order valence-electron chi connectivity index (χ4n) is 2.73. The van der Waals surface area contributed by atoms with Crippen molar-refractivity contribution in [1.82, 2.24) is 4.98 Å². The van der Waals surface area contributed by atoms with E-state index in [4.69, 9.17) is 0 Å². The molecule has 23 heavy (non-hydrogen) atoms. The van der Waals surface area contributed by atoms with Gasteiger partial charge in [0.05, 0.1) is 17.1 Å². The smallest absolute Gasteiger partial charge is 0.246 e. The van der Waals surface area contributed by atoms with Crippen molar-refractivity contribution in [2.24, 2.45) is 4.99 Å². The lowest BCUT2D eigenvalue weighted by atomic mass is 10.0. The number of fused-ring (bicyclic) bond motifs is 3. The van der Waals surface area contributed by atoms with E-state index in [-0.39, 0.29) is 12.5 Å². The van der Waals surface area contributed by atoms with Crippen molar-refractivity contribution in [3.63, 3.8) is 0 Å². The fraction of sp³-hybridized carbons (Fsp3) is 0.158. The lowest BCUT2D eigenvalue weighted by molar-refractivity contribution is -0.114. The number of H-pyrrole nitrogens is 1. The Morgan fingerprint density at radius 2 is 2.09 bits per heavy atom. The number of nitrogens with zero attached hydrogens (tertiary/aromatic N) is 1. The first-order valence-corrected chi connectivity index (χ1v) is 7.53. The number of nitrogens with one attached hydrogen (secondary N) is 2. The van der Waals surface area contributed by atoms with E-state index in [1.807, 2.05) is 50.3 Å². The summed E-state index contributed by atoms with van der Waals surface area (Å²) in [5, 5.41) is 3.95. The Hall–Kier alpha value is -2.88. The number of aliphatic imine (C=N–C) groups is 1. The van der Waals surface area contributed by atoms with E-state index in [9.17, 15) is 4.79 Å². The molecule has 0 fully saturated rings. The average Bonchev–Trinajstić information content (AvgIpc) is 2.77. The third-order valence-corrected chi connectivity index (χ3v) is 3.60. The van der Waals surface area contributed by atoms with Gasteiger partial charge in [0.25, 0.3) is 0 Å². The van der Waals surface area contributed by atoms with Crippen LogP contribution in [0.1, 0.15) is 19.5 Å². The maximum atomic E-state index is 12.0. The highest BCUT2D eigenvalue weighted by Gasteiger charge is 2.22. The zero-order valence-electron chi connectivity index (χ0n) is 13.3. The molecule has 0 saturated heterocycles. The summed E-state index contributed by atoms with van der Waals surface area (Å²) in [6.45, 7) is 7.96. The number of benzene rings is 1. The quantitative estimate of drug-likeness (QED) is 0.828. The normalized spacial score (nSPS) is 14.6. The number of para-hydroxylation sites is 1. The summed E-state index contributed by atoms with van der Waals surface area (Å²) in [5.74, 6) is -0.110. The molecule has 1 aromatic carbocycles. The van der Waals surface area contributed by atoms with Crippen LogP contribution in [0.5, 0.6) is 0 Å². The van der Waals surface area contributed by atoms with Gasteiger partial charge in [0.1, 0.15) is 6.54 Å². The van der Waals surface area contributed by atoms with Gasteiger partial charge in [-0.15, -0.1) is 0 Å². The number of rotatable bonds is 3. The maximum absolute atomic E-state index is 12.0. The van der Waals surface area contributed by atoms with Crippen molar-refractivity contribution >= 4 is 28.2 Å². The minimum absolute atomic E-state index is 0.108. The zero-order chi connectivity index (χ0) is 16.4. The molecule has 1 aliphatic heterocycles. The van der Waals surface area contributed by atoms with Crippen molar-refractivity contribution in [2.45, 2.75) is 13.8 Å². The second-order valence-corrected chi connectivity index (χ2v) is 5.71. The third-order valence-electron chi connectivity index (χ3n) is 3.60. The van der Waals surface area contributed by atoms with Crippen molar-refractivity contribution < 1.29 is 4.79 Å². The first kappa shape index (κ1) is 15.0. The minimum atomic E-state index is -0.110. The van der Waals surface area contributed by atoms with Gasteiger partial charge < -0.3 is 10.3 Å². The van der Waals surface area contributed by atoms with Crippen LogP contribution >= 0.6 is 0 Å². The average molecular weight is 305 g/mol. The third kappa shape index (κ3) is 2.88. The highest BCUT2D eigenvalue weighted by Crippen LogP contribution is 2.31. The first-order chi connectivity index (χ1) is 11.1. The number of aromatic amines is 1. The molecule has 0 atom stereocenters. The number of carbonyl (C=O) groups is 1. The van der Waals surface area contributed by atoms with Gasteiger partial charge in [-0.25, -0.2) is 0 Å². The summed E-state index contributed by atoms with van der Waals surface area (Å²) in [5.41, 5.74) is 5.46. The molecule has 0 bridgehead atoms. The molecule has 4 heteroatoms. The first-order valence-electron chi connectivity index (χ1n) is 7.53. The van der Waals surface area contributed by atoms with Gasteiger partial charge in [-0.1, -0.05) is 48.6 Å². The van der Waals surface area contributed by atoms with Crippen molar-refractivity contribution in [2.75, 3.05) is 11.9 Å². The standard InChI is InChI=1S/C19H19N3O/c1-4-7-13(10-12(2)3)17-19-18(22-16(23)11-20-17)14-8-5-6-9-15(14)21-19/h4-10,21H,1,11H2,2-3H3,(H,22,23)/b13-7+. The highest BCUT2D eigenvalue weighted by atomic mass is 16.1. The summed E-state index contributed by atoms with van der Waals surface area (Å²) in [6, 6.07) is 7.91. The zero-order valence-corrected chi connectivity index (χ0v) is 13.3. The second-order valence-electron chi connectivity index (χ2n) is 5.71. The number of allylic oxidation sites excluding steroid dienone is 5. The molecule has 0 spiro atoms. The van der Waals surface area contributed by atoms with Gasteiger partial charge >= 0.3 is 0 Å². The summed E-state index contributed by atoms with van der Waals surface area (Å²) >= 11 is 0. The van der Waals surface area contributed by atoms with E-state index >= 15 is 0 Å². The van der Waals surface area contributed by atoms with Gasteiger partial charge in [-0.05, 0) is 19.9 Å². The number of aromatic nitrogens is 1. The topological polar surface area (TPSA) is 57.2 Å². The molecule has 116 valence electrons. The lowest BCUT2D eigenvalue weighted by Gasteiger charge is -2.07. The molecule has 1 aromatic heterocycles. The Labute approximate surface area is 135 Å². The van der Waals surface area contributed by atoms with Crippen LogP contribution in [0.3, 0.4) is 0 Å². The van der Waals surface area contributed by atoms with Crippen LogP contribution in [0.2, 0.25) is 0 Å². The van der Waals surface area contributed by atoms with Crippen LogP contribution in [0, 0.1) is 0 Å². The Balaban J connectivity index is 2.26. The van der Waals surface area contributed by atoms with Crippen molar-refractivity contribution in [3.05, 3.63) is 65.9 Å². The van der Waals surface area contributed by atoms with Crippen LogP contribution in [0.15, 0.2) is 65.2 Å². The van der Waals surface area contributed by atoms with E-state index in [1.165, 1.54) is 0 Å². The SMILES string of the molecule is C=C/C=C(\C=C(C)C)C1=NCC(=O)Nc2c1[nH]c1ccccc21. The van der Waals surface area contributed by atoms with Crippen LogP contribution in [-0.4, -0.2) is 23.1 Å². The van der Waals surface area contributed by atoms with Crippen molar-refractivity contribution in [3.8, 4) is 0 Å². The Bertz CT molecular complexity index is 877. The van der Waals surface area contributed by atoms with E-state index in [1.54, 1.807) is 6.08 Å². The Morgan fingerprint density at radius 3 is 2.83 bits per heavy atom. The van der Waals surface area contributed by atoms with Gasteiger partial charge in [-0.3, -0.25) is 9.79 Å².